The molecule has 1 aromatic heterocycles. The summed E-state index contributed by atoms with van der Waals surface area (Å²) in [6, 6.07) is 9.59. The molecule has 2 nitrogen and oxygen atoms in total. The van der Waals surface area contributed by atoms with E-state index in [1.807, 2.05) is 0 Å². The fraction of sp³-hybridized carbons (Fsp3) is 0.500. The van der Waals surface area contributed by atoms with E-state index >= 15 is 0 Å². The van der Waals surface area contributed by atoms with Crippen LogP contribution in [-0.4, -0.2) is 11.0 Å². The van der Waals surface area contributed by atoms with Gasteiger partial charge in [0.15, 0.2) is 0 Å². The van der Waals surface area contributed by atoms with Gasteiger partial charge in [0.1, 0.15) is 0 Å². The topological polar surface area (TPSA) is 24.9 Å². The molecule has 0 amide bonds. The molecule has 0 radical (unpaired) electrons. The lowest BCUT2D eigenvalue weighted by Gasteiger charge is -2.20. The SMILES string of the molecule is Cc1ccc2nc(C(C)(C)C)cc(CNC3CC3)c2c1. The summed E-state index contributed by atoms with van der Waals surface area (Å²) in [6.07, 6.45) is 2.66. The second-order valence-corrected chi connectivity index (χ2v) is 7.09. The molecule has 1 aliphatic rings. The Balaban J connectivity index is 2.08. The maximum absolute atomic E-state index is 4.86. The van der Waals surface area contributed by atoms with Gasteiger partial charge in [0.25, 0.3) is 0 Å². The number of benzene rings is 1. The smallest absolute Gasteiger partial charge is 0.0708 e. The van der Waals surface area contributed by atoms with Crippen molar-refractivity contribution in [3.63, 3.8) is 0 Å². The molecule has 0 unspecified atom stereocenters. The molecule has 0 bridgehead atoms. The molecule has 3 rings (SSSR count). The van der Waals surface area contributed by atoms with Crippen molar-refractivity contribution in [3.05, 3.63) is 41.1 Å². The first-order valence-corrected chi connectivity index (χ1v) is 7.57. The monoisotopic (exact) mass is 268 g/mol. The molecule has 1 fully saturated rings. The lowest BCUT2D eigenvalue weighted by Crippen LogP contribution is -2.18. The van der Waals surface area contributed by atoms with Crippen molar-refractivity contribution in [1.29, 1.82) is 0 Å². The fourth-order valence-electron chi connectivity index (χ4n) is 2.48. The number of fused-ring (bicyclic) bond motifs is 1. The highest BCUT2D eigenvalue weighted by molar-refractivity contribution is 5.83. The van der Waals surface area contributed by atoms with Crippen LogP contribution in [0.1, 0.15) is 50.4 Å². The summed E-state index contributed by atoms with van der Waals surface area (Å²) >= 11 is 0. The molecule has 1 aromatic carbocycles. The van der Waals surface area contributed by atoms with E-state index in [4.69, 9.17) is 4.98 Å². The maximum atomic E-state index is 4.86. The first-order valence-electron chi connectivity index (χ1n) is 7.57. The van der Waals surface area contributed by atoms with Crippen LogP contribution in [0.2, 0.25) is 0 Å². The summed E-state index contributed by atoms with van der Waals surface area (Å²) in [5.41, 5.74) is 5.08. The molecule has 20 heavy (non-hydrogen) atoms. The minimum Gasteiger partial charge on any atom is -0.310 e. The van der Waals surface area contributed by atoms with E-state index in [1.165, 1.54) is 35.0 Å². The lowest BCUT2D eigenvalue weighted by molar-refractivity contribution is 0.569. The second kappa shape index (κ2) is 4.85. The Kier molecular flexibility index (Phi) is 3.29. The number of aryl methyl sites for hydroxylation is 1. The first-order chi connectivity index (χ1) is 9.43. The van der Waals surface area contributed by atoms with Crippen molar-refractivity contribution >= 4 is 10.9 Å². The number of rotatable bonds is 3. The average Bonchev–Trinajstić information content (AvgIpc) is 3.18. The first kappa shape index (κ1) is 13.6. The Morgan fingerprint density at radius 2 is 1.95 bits per heavy atom. The summed E-state index contributed by atoms with van der Waals surface area (Å²) in [5, 5.41) is 4.93. The Morgan fingerprint density at radius 3 is 2.60 bits per heavy atom. The summed E-state index contributed by atoms with van der Waals surface area (Å²) in [7, 11) is 0. The molecular weight excluding hydrogens is 244 g/mol. The zero-order valence-electron chi connectivity index (χ0n) is 13.0. The third kappa shape index (κ3) is 2.85. The molecule has 1 saturated carbocycles. The fourth-order valence-corrected chi connectivity index (χ4v) is 2.48. The van der Waals surface area contributed by atoms with Gasteiger partial charge in [-0.25, -0.2) is 0 Å². The summed E-state index contributed by atoms with van der Waals surface area (Å²) in [5.74, 6) is 0. The number of hydrogen-bond donors (Lipinski definition) is 1. The van der Waals surface area contributed by atoms with Gasteiger partial charge in [0, 0.05) is 29.1 Å². The third-order valence-electron chi connectivity index (χ3n) is 3.98. The molecule has 0 saturated heterocycles. The Labute approximate surface area is 121 Å². The average molecular weight is 268 g/mol. The maximum Gasteiger partial charge on any atom is 0.0708 e. The molecule has 106 valence electrons. The second-order valence-electron chi connectivity index (χ2n) is 7.09. The highest BCUT2D eigenvalue weighted by Crippen LogP contribution is 2.28. The largest absolute Gasteiger partial charge is 0.310 e. The van der Waals surface area contributed by atoms with Gasteiger partial charge in [0.2, 0.25) is 0 Å². The van der Waals surface area contributed by atoms with Gasteiger partial charge in [-0.05, 0) is 43.5 Å². The zero-order valence-corrected chi connectivity index (χ0v) is 13.0. The number of nitrogens with zero attached hydrogens (tertiary/aromatic N) is 1. The standard InChI is InChI=1S/C18H24N2/c1-12-5-8-16-15(9-12)13(11-19-14-6-7-14)10-17(20-16)18(2,3)4/h5,8-10,14,19H,6-7,11H2,1-4H3. The highest BCUT2D eigenvalue weighted by Gasteiger charge is 2.22. The minimum absolute atomic E-state index is 0.0907. The molecule has 1 heterocycles. The van der Waals surface area contributed by atoms with Crippen LogP contribution in [0.25, 0.3) is 10.9 Å². The van der Waals surface area contributed by atoms with Gasteiger partial charge < -0.3 is 5.32 Å². The van der Waals surface area contributed by atoms with Crippen molar-refractivity contribution in [2.45, 2.75) is 58.5 Å². The normalized spacial score (nSPS) is 15.8. The van der Waals surface area contributed by atoms with Crippen LogP contribution in [0.15, 0.2) is 24.3 Å². The van der Waals surface area contributed by atoms with Crippen molar-refractivity contribution in [2.75, 3.05) is 0 Å². The summed E-state index contributed by atoms with van der Waals surface area (Å²) in [6.45, 7) is 9.79. The van der Waals surface area contributed by atoms with Crippen LogP contribution >= 0.6 is 0 Å². The van der Waals surface area contributed by atoms with E-state index in [0.29, 0.717) is 0 Å². The Bertz CT molecular complexity index is 634. The molecule has 0 spiro atoms. The molecule has 1 N–H and O–H groups in total. The van der Waals surface area contributed by atoms with Crippen molar-refractivity contribution < 1.29 is 0 Å². The van der Waals surface area contributed by atoms with Crippen LogP contribution in [0.5, 0.6) is 0 Å². The molecule has 0 atom stereocenters. The van der Waals surface area contributed by atoms with Crippen LogP contribution in [-0.2, 0) is 12.0 Å². The van der Waals surface area contributed by atoms with Crippen molar-refractivity contribution in [2.24, 2.45) is 0 Å². The predicted molar refractivity (Wildman–Crippen MR) is 85.0 cm³/mol. The molecule has 2 heteroatoms. The van der Waals surface area contributed by atoms with Gasteiger partial charge >= 0.3 is 0 Å². The van der Waals surface area contributed by atoms with Gasteiger partial charge in [-0.1, -0.05) is 32.4 Å². The van der Waals surface area contributed by atoms with E-state index in [0.717, 1.165) is 18.1 Å². The highest BCUT2D eigenvalue weighted by atomic mass is 14.9. The number of nitrogens with one attached hydrogen (secondary N) is 1. The molecule has 1 aliphatic carbocycles. The van der Waals surface area contributed by atoms with Crippen LogP contribution in [0.4, 0.5) is 0 Å². The summed E-state index contributed by atoms with van der Waals surface area (Å²) < 4.78 is 0. The van der Waals surface area contributed by atoms with E-state index < -0.39 is 0 Å². The number of pyridine rings is 1. The lowest BCUT2D eigenvalue weighted by atomic mass is 9.89. The number of aromatic nitrogens is 1. The van der Waals surface area contributed by atoms with Crippen molar-refractivity contribution in [1.82, 2.24) is 10.3 Å². The Morgan fingerprint density at radius 1 is 1.20 bits per heavy atom. The van der Waals surface area contributed by atoms with E-state index in [9.17, 15) is 0 Å². The quantitative estimate of drug-likeness (QED) is 0.906. The van der Waals surface area contributed by atoms with Gasteiger partial charge in [-0.2, -0.15) is 0 Å². The van der Waals surface area contributed by atoms with E-state index in [2.05, 4.69) is 57.3 Å². The molecule has 2 aromatic rings. The predicted octanol–water partition coefficient (Wildman–Crippen LogP) is 4.09. The van der Waals surface area contributed by atoms with Gasteiger partial charge in [0.05, 0.1) is 5.52 Å². The van der Waals surface area contributed by atoms with Crippen LogP contribution in [0.3, 0.4) is 0 Å². The van der Waals surface area contributed by atoms with E-state index in [-0.39, 0.29) is 5.41 Å². The van der Waals surface area contributed by atoms with Crippen LogP contribution in [0, 0.1) is 6.92 Å². The third-order valence-corrected chi connectivity index (χ3v) is 3.98. The zero-order chi connectivity index (χ0) is 14.3. The van der Waals surface area contributed by atoms with Gasteiger partial charge in [-0.15, -0.1) is 0 Å². The van der Waals surface area contributed by atoms with E-state index in [1.54, 1.807) is 0 Å². The summed E-state index contributed by atoms with van der Waals surface area (Å²) in [4.78, 5) is 4.86. The van der Waals surface area contributed by atoms with Crippen LogP contribution < -0.4 is 5.32 Å². The Hall–Kier alpha value is -1.41. The molecule has 0 aliphatic heterocycles. The number of hydrogen-bond acceptors (Lipinski definition) is 2. The molecular formula is C18H24N2. The van der Waals surface area contributed by atoms with Gasteiger partial charge in [-0.3, -0.25) is 4.98 Å². The van der Waals surface area contributed by atoms with Crippen molar-refractivity contribution in [3.8, 4) is 0 Å². The minimum atomic E-state index is 0.0907.